The van der Waals surface area contributed by atoms with Gasteiger partial charge >= 0.3 is 5.51 Å². The molecule has 1 fully saturated rings. The molecule has 0 spiro atoms. The summed E-state index contributed by atoms with van der Waals surface area (Å²) >= 11 is -0.0455. The molecule has 0 amide bonds. The number of hydrogen-bond donors (Lipinski definition) is 1. The van der Waals surface area contributed by atoms with Gasteiger partial charge in [0.1, 0.15) is 0 Å². The fourth-order valence-corrected chi connectivity index (χ4v) is 3.79. The monoisotopic (exact) mass is 317 g/mol. The van der Waals surface area contributed by atoms with E-state index >= 15 is 0 Å². The van der Waals surface area contributed by atoms with Gasteiger partial charge in [0.15, 0.2) is 0 Å². The van der Waals surface area contributed by atoms with Crippen LogP contribution in [0.15, 0.2) is 29.2 Å². The number of thioether (sulfide) groups is 1. The van der Waals surface area contributed by atoms with E-state index in [2.05, 4.69) is 26.1 Å². The van der Waals surface area contributed by atoms with Gasteiger partial charge in [0.25, 0.3) is 0 Å². The first-order chi connectivity index (χ1) is 9.66. The number of hydrogen-bond acceptors (Lipinski definition) is 2. The summed E-state index contributed by atoms with van der Waals surface area (Å²) in [6.45, 7) is 6.69. The molecule has 5 heteroatoms. The Balaban J connectivity index is 2.10. The highest BCUT2D eigenvalue weighted by atomic mass is 32.2. The van der Waals surface area contributed by atoms with Gasteiger partial charge in [0.2, 0.25) is 0 Å². The average molecular weight is 317 g/mol. The van der Waals surface area contributed by atoms with Gasteiger partial charge < -0.3 is 5.32 Å². The Morgan fingerprint density at radius 3 is 2.52 bits per heavy atom. The summed E-state index contributed by atoms with van der Waals surface area (Å²) in [6, 6.07) is 6.93. The van der Waals surface area contributed by atoms with Crippen LogP contribution in [0.5, 0.6) is 0 Å². The fraction of sp³-hybridized carbons (Fsp3) is 0.625. The minimum Gasteiger partial charge on any atom is -0.381 e. The van der Waals surface area contributed by atoms with Crippen LogP contribution in [0, 0.1) is 11.3 Å². The fourth-order valence-electron chi connectivity index (χ4n) is 3.16. The molecule has 2 rings (SSSR count). The maximum Gasteiger partial charge on any atom is 0.446 e. The second kappa shape index (κ2) is 6.11. The third-order valence-corrected chi connectivity index (χ3v) is 4.95. The molecule has 1 aliphatic carbocycles. The second-order valence-corrected chi connectivity index (χ2v) is 7.79. The van der Waals surface area contributed by atoms with Gasteiger partial charge in [-0.3, -0.25) is 0 Å². The molecule has 2 unspecified atom stereocenters. The minimum atomic E-state index is -4.25. The highest BCUT2D eigenvalue weighted by Crippen LogP contribution is 2.43. The number of halogens is 3. The number of nitrogens with one attached hydrogen (secondary N) is 1. The summed E-state index contributed by atoms with van der Waals surface area (Å²) in [7, 11) is 0. The van der Waals surface area contributed by atoms with E-state index in [9.17, 15) is 13.2 Å². The summed E-state index contributed by atoms with van der Waals surface area (Å²) < 4.78 is 37.8. The third-order valence-electron chi connectivity index (χ3n) is 4.15. The molecule has 21 heavy (non-hydrogen) atoms. The van der Waals surface area contributed by atoms with Crippen LogP contribution in [0.3, 0.4) is 0 Å². The van der Waals surface area contributed by atoms with Crippen molar-refractivity contribution in [3.8, 4) is 0 Å². The molecule has 0 aliphatic heterocycles. The lowest BCUT2D eigenvalue weighted by molar-refractivity contribution is -0.0327. The smallest absolute Gasteiger partial charge is 0.381 e. The van der Waals surface area contributed by atoms with Crippen molar-refractivity contribution >= 4 is 17.4 Å². The first-order valence-corrected chi connectivity index (χ1v) is 8.09. The van der Waals surface area contributed by atoms with E-state index in [1.54, 1.807) is 18.2 Å². The van der Waals surface area contributed by atoms with Crippen LogP contribution in [0.1, 0.15) is 40.0 Å². The largest absolute Gasteiger partial charge is 0.446 e. The van der Waals surface area contributed by atoms with E-state index in [0.29, 0.717) is 17.0 Å². The van der Waals surface area contributed by atoms with Crippen molar-refractivity contribution in [3.63, 3.8) is 0 Å². The average Bonchev–Trinajstić information content (AvgIpc) is 2.32. The molecule has 1 saturated carbocycles. The van der Waals surface area contributed by atoms with Crippen LogP contribution in [0.2, 0.25) is 0 Å². The zero-order valence-corrected chi connectivity index (χ0v) is 13.4. The van der Waals surface area contributed by atoms with Crippen molar-refractivity contribution in [1.29, 1.82) is 0 Å². The molecule has 1 aromatic carbocycles. The molecule has 1 N–H and O–H groups in total. The maximum absolute atomic E-state index is 12.6. The van der Waals surface area contributed by atoms with E-state index in [0.717, 1.165) is 19.3 Å². The summed E-state index contributed by atoms with van der Waals surface area (Å²) in [6.07, 6.45) is 3.20. The molecule has 0 saturated heterocycles. The lowest BCUT2D eigenvalue weighted by Gasteiger charge is -2.40. The van der Waals surface area contributed by atoms with E-state index in [4.69, 9.17) is 0 Å². The normalized spacial score (nSPS) is 25.6. The number of alkyl halides is 3. The Labute approximate surface area is 128 Å². The zero-order valence-electron chi connectivity index (χ0n) is 12.6. The molecule has 0 aromatic heterocycles. The Morgan fingerprint density at radius 1 is 1.24 bits per heavy atom. The lowest BCUT2D eigenvalue weighted by Crippen LogP contribution is -2.37. The predicted octanol–water partition coefficient (Wildman–Crippen LogP) is 5.93. The van der Waals surface area contributed by atoms with Crippen molar-refractivity contribution < 1.29 is 13.2 Å². The Hall–Kier alpha value is -0.840. The first kappa shape index (κ1) is 16.5. The summed E-state index contributed by atoms with van der Waals surface area (Å²) in [5.41, 5.74) is -3.33. The zero-order chi connectivity index (χ0) is 15.7. The number of anilines is 1. The minimum absolute atomic E-state index is 0.0455. The maximum atomic E-state index is 12.6. The van der Waals surface area contributed by atoms with Gasteiger partial charge in [-0.05, 0) is 54.5 Å². The second-order valence-electron chi connectivity index (χ2n) is 6.68. The molecule has 1 aromatic rings. The van der Waals surface area contributed by atoms with E-state index in [-0.39, 0.29) is 22.7 Å². The Bertz CT molecular complexity index is 485. The van der Waals surface area contributed by atoms with Crippen LogP contribution in [0.4, 0.5) is 18.9 Å². The Kier molecular flexibility index (Phi) is 4.81. The van der Waals surface area contributed by atoms with Crippen LogP contribution >= 0.6 is 11.8 Å². The van der Waals surface area contributed by atoms with Gasteiger partial charge in [-0.15, -0.1) is 0 Å². The predicted molar refractivity (Wildman–Crippen MR) is 82.6 cm³/mol. The summed E-state index contributed by atoms with van der Waals surface area (Å²) in [5.74, 6) is 0.456. The summed E-state index contributed by atoms with van der Waals surface area (Å²) in [4.78, 5) is 0.252. The number of rotatable bonds is 3. The molecule has 1 nitrogen and oxygen atoms in total. The summed E-state index contributed by atoms with van der Waals surface area (Å²) in [5, 5.41) is 3.34. The Morgan fingerprint density at radius 2 is 1.90 bits per heavy atom. The van der Waals surface area contributed by atoms with Crippen molar-refractivity contribution in [1.82, 2.24) is 0 Å². The van der Waals surface area contributed by atoms with Gasteiger partial charge in [-0.2, -0.15) is 13.2 Å². The molecule has 118 valence electrons. The van der Waals surface area contributed by atoms with Gasteiger partial charge in [-0.1, -0.05) is 32.9 Å². The van der Waals surface area contributed by atoms with Gasteiger partial charge in [-0.25, -0.2) is 0 Å². The quantitative estimate of drug-likeness (QED) is 0.694. The van der Waals surface area contributed by atoms with Crippen molar-refractivity contribution in [3.05, 3.63) is 24.3 Å². The van der Waals surface area contributed by atoms with Crippen molar-refractivity contribution in [2.45, 2.75) is 56.5 Å². The first-order valence-electron chi connectivity index (χ1n) is 7.28. The van der Waals surface area contributed by atoms with Crippen LogP contribution in [0.25, 0.3) is 0 Å². The molecular formula is C16H22F3NS. The van der Waals surface area contributed by atoms with Crippen molar-refractivity contribution in [2.24, 2.45) is 11.3 Å². The SMILES string of the molecule is CC1CC(C)(C)CCC1Nc1ccccc1SC(F)(F)F. The topological polar surface area (TPSA) is 12.0 Å². The van der Waals surface area contributed by atoms with Crippen LogP contribution < -0.4 is 5.32 Å². The highest BCUT2D eigenvalue weighted by molar-refractivity contribution is 8.00. The lowest BCUT2D eigenvalue weighted by atomic mass is 9.70. The van der Waals surface area contributed by atoms with E-state index in [1.807, 2.05) is 0 Å². The van der Waals surface area contributed by atoms with Gasteiger partial charge in [0.05, 0.1) is 0 Å². The van der Waals surface area contributed by atoms with Crippen LogP contribution in [-0.4, -0.2) is 11.6 Å². The number of para-hydroxylation sites is 1. The van der Waals surface area contributed by atoms with Gasteiger partial charge in [0, 0.05) is 16.6 Å². The number of benzene rings is 1. The van der Waals surface area contributed by atoms with Crippen LogP contribution in [-0.2, 0) is 0 Å². The molecule has 1 aliphatic rings. The van der Waals surface area contributed by atoms with Crippen molar-refractivity contribution in [2.75, 3.05) is 5.32 Å². The molecule has 0 heterocycles. The van der Waals surface area contributed by atoms with E-state index in [1.165, 1.54) is 6.07 Å². The molecular weight excluding hydrogens is 295 g/mol. The van der Waals surface area contributed by atoms with E-state index < -0.39 is 5.51 Å². The molecule has 0 bridgehead atoms. The standard InChI is InChI=1S/C16H22F3NS/c1-11-10-15(2,3)9-8-12(11)20-13-6-4-5-7-14(13)21-16(17,18)19/h4-7,11-12,20H,8-10H2,1-3H3. The highest BCUT2D eigenvalue weighted by Gasteiger charge is 2.34. The molecule has 0 radical (unpaired) electrons. The third kappa shape index (κ3) is 4.83. The molecule has 2 atom stereocenters.